The predicted molar refractivity (Wildman–Crippen MR) is 349 cm³/mol. The number of phosphoric ester groups is 1. The summed E-state index contributed by atoms with van der Waals surface area (Å²) in [5.74, 6) is -0.561. The number of phosphoric acid groups is 1. The summed E-state index contributed by atoms with van der Waals surface area (Å²) >= 11 is 0. The van der Waals surface area contributed by atoms with Crippen LogP contribution >= 0.6 is 7.82 Å². The minimum Gasteiger partial charge on any atom is -0.756 e. The van der Waals surface area contributed by atoms with E-state index in [-0.39, 0.29) is 31.3 Å². The Morgan fingerprint density at radius 3 is 1.22 bits per heavy atom. The van der Waals surface area contributed by atoms with E-state index in [1.807, 2.05) is 33.3 Å². The van der Waals surface area contributed by atoms with Crippen LogP contribution in [0.1, 0.15) is 329 Å². The zero-order valence-corrected chi connectivity index (χ0v) is 55.1. The number of likely N-dealkylation sites (N-methyl/N-ethyl adjacent to an activating group) is 1. The summed E-state index contributed by atoms with van der Waals surface area (Å²) in [7, 11) is 1.18. The van der Waals surface area contributed by atoms with E-state index in [1.165, 1.54) is 218 Å². The fourth-order valence-electron chi connectivity index (χ4n) is 10.1. The molecule has 1 amide bonds. The Kier molecular flexibility index (Phi) is 59.1. The lowest BCUT2D eigenvalue weighted by Crippen LogP contribution is -2.47. The van der Waals surface area contributed by atoms with Gasteiger partial charge >= 0.3 is 5.97 Å². The molecule has 0 rings (SSSR count). The van der Waals surface area contributed by atoms with Crippen molar-refractivity contribution in [2.24, 2.45) is 0 Å². The number of hydrogen-bond acceptors (Lipinski definition) is 7. The third-order valence-corrected chi connectivity index (χ3v) is 16.4. The van der Waals surface area contributed by atoms with Crippen LogP contribution in [0.4, 0.5) is 0 Å². The number of rotatable bonds is 63. The second-order valence-electron chi connectivity index (χ2n) is 24.7. The van der Waals surface area contributed by atoms with E-state index < -0.39 is 26.6 Å². The zero-order chi connectivity index (χ0) is 59.3. The van der Waals surface area contributed by atoms with Crippen LogP contribution in [0, 0.1) is 0 Å². The van der Waals surface area contributed by atoms with Crippen molar-refractivity contribution >= 4 is 19.7 Å². The first-order chi connectivity index (χ1) is 39.4. The molecule has 0 aliphatic rings. The number of carbonyl (C=O) groups is 2. The summed E-state index contributed by atoms with van der Waals surface area (Å²) < 4.78 is 30.4. The van der Waals surface area contributed by atoms with Crippen LogP contribution in [0.5, 0.6) is 0 Å². The summed E-state index contributed by atoms with van der Waals surface area (Å²) in [6.45, 7) is 6.82. The van der Waals surface area contributed by atoms with Gasteiger partial charge in [-0.1, -0.05) is 287 Å². The third kappa shape index (κ3) is 62.1. The topological polar surface area (TPSA) is 114 Å². The monoisotopic (exact) mass is 1160 g/mol. The first-order valence-corrected chi connectivity index (χ1v) is 36.1. The highest BCUT2D eigenvalue weighted by Crippen LogP contribution is 2.38. The number of ether oxygens (including phenoxy) is 1. The Labute approximate surface area is 502 Å². The molecule has 0 aromatic carbocycles. The zero-order valence-electron chi connectivity index (χ0n) is 54.2. The number of allylic oxidation sites excluding steroid dienone is 9. The number of amides is 1. The van der Waals surface area contributed by atoms with Gasteiger partial charge in [-0.3, -0.25) is 14.2 Å². The molecule has 0 aliphatic heterocycles. The Morgan fingerprint density at radius 1 is 0.444 bits per heavy atom. The molecule has 0 spiro atoms. The van der Waals surface area contributed by atoms with Crippen molar-refractivity contribution in [3.63, 3.8) is 0 Å². The summed E-state index contributed by atoms with van der Waals surface area (Å²) in [4.78, 5) is 40.1. The molecular weight excluding hydrogens is 1020 g/mol. The molecule has 0 saturated carbocycles. The number of esters is 1. The van der Waals surface area contributed by atoms with Crippen molar-refractivity contribution in [3.8, 4) is 0 Å². The van der Waals surface area contributed by atoms with Gasteiger partial charge in [0.25, 0.3) is 7.82 Å². The van der Waals surface area contributed by atoms with Gasteiger partial charge in [0.1, 0.15) is 19.3 Å². The fraction of sp³-hybridized carbons (Fsp3) is 0.831. The smallest absolute Gasteiger partial charge is 0.306 e. The Bertz CT molecular complexity index is 1570. The van der Waals surface area contributed by atoms with Gasteiger partial charge in [-0.25, -0.2) is 0 Å². The van der Waals surface area contributed by atoms with E-state index in [2.05, 4.69) is 74.7 Å². The normalized spacial score (nSPS) is 13.9. The van der Waals surface area contributed by atoms with E-state index >= 15 is 0 Å². The van der Waals surface area contributed by atoms with Crippen LogP contribution in [0.3, 0.4) is 0 Å². The highest BCUT2D eigenvalue weighted by atomic mass is 31.2. The highest BCUT2D eigenvalue weighted by molar-refractivity contribution is 7.45. The standard InChI is InChI=1S/C71H133N2O7P/c1-7-10-13-16-19-22-25-28-30-32-33-34-35-36-37-38-39-40-41-42-44-46-49-52-55-58-61-64-71(75)80-69(62-59-56-53-50-47-27-24-21-18-15-12-9-3)68(67-79-81(76,77)78-66-65-73(4,5)6)72-70(74)63-60-57-54-51-48-45-43-31-29-26-23-20-17-14-11-8-2/h19,22,28,30-31,43,45,48,59,62,68-69H,7-18,20-21,23-27,29,32-42,44,46-47,49-58,60-61,63-67H2,1-6H3,(H-,72,74,76,77)/b22-19-,30-28-,43-31+,48-45+,62-59-. The Balaban J connectivity index is 5.04. The van der Waals surface area contributed by atoms with Crippen molar-refractivity contribution in [1.29, 1.82) is 0 Å². The molecule has 10 heteroatoms. The number of carbonyl (C=O) groups excluding carboxylic acids is 2. The molecule has 9 nitrogen and oxygen atoms in total. The van der Waals surface area contributed by atoms with E-state index in [4.69, 9.17) is 13.8 Å². The molecule has 0 aliphatic carbocycles. The molecule has 0 bridgehead atoms. The Morgan fingerprint density at radius 2 is 0.790 bits per heavy atom. The van der Waals surface area contributed by atoms with E-state index in [9.17, 15) is 19.0 Å². The van der Waals surface area contributed by atoms with Gasteiger partial charge < -0.3 is 28.5 Å². The molecule has 0 radical (unpaired) electrons. The van der Waals surface area contributed by atoms with Gasteiger partial charge in [0.2, 0.25) is 5.91 Å². The number of nitrogens with zero attached hydrogens (tertiary/aromatic N) is 1. The number of nitrogens with one attached hydrogen (secondary N) is 1. The SMILES string of the molecule is CCCCC/C=C\C/C=C\CCCCCCCCCCCCCCCCCCCC(=O)OC(/C=C\CCCCCCCCCCCC)C(COP(=O)([O-])OCC[N+](C)(C)C)NC(=O)CCCCC/C=C/C=C/CCCCCCCCC. The maximum absolute atomic E-state index is 13.5. The Hall–Kier alpha value is -2.29. The molecule has 474 valence electrons. The fourth-order valence-corrected chi connectivity index (χ4v) is 10.8. The van der Waals surface area contributed by atoms with Gasteiger partial charge in [0.15, 0.2) is 0 Å². The van der Waals surface area contributed by atoms with E-state index in [0.717, 1.165) is 70.6 Å². The molecule has 0 aromatic heterocycles. The number of quaternary nitrogens is 1. The average Bonchev–Trinajstić information content (AvgIpc) is 3.44. The molecule has 0 aromatic rings. The lowest BCUT2D eigenvalue weighted by atomic mass is 10.0. The predicted octanol–water partition coefficient (Wildman–Crippen LogP) is 21.2. The van der Waals surface area contributed by atoms with Crippen molar-refractivity contribution in [2.45, 2.75) is 341 Å². The molecular formula is C71H133N2O7P. The number of hydrogen-bond donors (Lipinski definition) is 1. The van der Waals surface area contributed by atoms with Gasteiger partial charge in [-0.2, -0.15) is 0 Å². The minimum absolute atomic E-state index is 0.0270. The lowest BCUT2D eigenvalue weighted by molar-refractivity contribution is -0.870. The minimum atomic E-state index is -4.71. The van der Waals surface area contributed by atoms with Crippen molar-refractivity contribution in [2.75, 3.05) is 40.9 Å². The van der Waals surface area contributed by atoms with Crippen LogP contribution in [0.15, 0.2) is 60.8 Å². The van der Waals surface area contributed by atoms with Gasteiger partial charge in [0.05, 0.1) is 33.8 Å². The first kappa shape index (κ1) is 78.7. The molecule has 0 saturated heterocycles. The maximum atomic E-state index is 13.5. The van der Waals surface area contributed by atoms with Crippen LogP contribution in [0.2, 0.25) is 0 Å². The first-order valence-electron chi connectivity index (χ1n) is 34.6. The highest BCUT2D eigenvalue weighted by Gasteiger charge is 2.27. The van der Waals surface area contributed by atoms with Gasteiger partial charge in [0, 0.05) is 12.8 Å². The molecule has 3 atom stereocenters. The van der Waals surface area contributed by atoms with Crippen molar-refractivity contribution < 1.29 is 37.3 Å². The van der Waals surface area contributed by atoms with Crippen molar-refractivity contribution in [1.82, 2.24) is 5.32 Å². The lowest BCUT2D eigenvalue weighted by Gasteiger charge is -2.30. The third-order valence-electron chi connectivity index (χ3n) is 15.4. The summed E-state index contributed by atoms with van der Waals surface area (Å²) in [5.41, 5.74) is 0. The van der Waals surface area contributed by atoms with Gasteiger partial charge in [-0.05, 0) is 89.5 Å². The average molecular weight is 1160 g/mol. The quantitative estimate of drug-likeness (QED) is 0.0161. The van der Waals surface area contributed by atoms with Crippen LogP contribution in [-0.4, -0.2) is 69.4 Å². The number of unbranched alkanes of at least 4 members (excludes halogenated alkanes) is 40. The second kappa shape index (κ2) is 60.8. The molecule has 1 N–H and O–H groups in total. The van der Waals surface area contributed by atoms with Crippen molar-refractivity contribution in [3.05, 3.63) is 60.8 Å². The summed E-state index contributed by atoms with van der Waals surface area (Å²) in [6, 6.07) is -0.902. The molecule has 3 unspecified atom stereocenters. The van der Waals surface area contributed by atoms with Crippen LogP contribution < -0.4 is 10.2 Å². The maximum Gasteiger partial charge on any atom is 0.306 e. The second-order valence-corrected chi connectivity index (χ2v) is 26.1. The van der Waals surface area contributed by atoms with Crippen LogP contribution in [-0.2, 0) is 27.9 Å². The summed E-state index contributed by atoms with van der Waals surface area (Å²) in [5, 5.41) is 3.02. The summed E-state index contributed by atoms with van der Waals surface area (Å²) in [6.07, 6.45) is 77.8. The van der Waals surface area contributed by atoms with E-state index in [1.54, 1.807) is 0 Å². The van der Waals surface area contributed by atoms with E-state index in [0.29, 0.717) is 17.4 Å². The molecule has 0 fully saturated rings. The van der Waals surface area contributed by atoms with Gasteiger partial charge in [-0.15, -0.1) is 0 Å². The largest absolute Gasteiger partial charge is 0.756 e. The molecule has 81 heavy (non-hydrogen) atoms. The van der Waals surface area contributed by atoms with Crippen LogP contribution in [0.25, 0.3) is 0 Å². The molecule has 0 heterocycles.